The van der Waals surface area contributed by atoms with Crippen molar-refractivity contribution in [3.63, 3.8) is 0 Å². The van der Waals surface area contributed by atoms with Gasteiger partial charge >= 0.3 is 0 Å². The Kier molecular flexibility index (Phi) is 5.27. The lowest BCUT2D eigenvalue weighted by molar-refractivity contribution is -0.385. The molecule has 1 fully saturated rings. The van der Waals surface area contributed by atoms with Crippen LogP contribution in [0.15, 0.2) is 84.4 Å². The number of aliphatic hydroxyl groups is 1. The van der Waals surface area contributed by atoms with Gasteiger partial charge in [0.2, 0.25) is 0 Å². The Hall–Kier alpha value is -3.97. The van der Waals surface area contributed by atoms with Crippen LogP contribution in [-0.4, -0.2) is 21.7 Å². The Morgan fingerprint density at radius 1 is 0.935 bits per heavy atom. The van der Waals surface area contributed by atoms with Gasteiger partial charge in [0.05, 0.1) is 16.1 Å². The molecule has 1 N–H and O–H groups in total. The van der Waals surface area contributed by atoms with Gasteiger partial charge in [-0.1, -0.05) is 41.9 Å². The lowest BCUT2D eigenvalue weighted by Gasteiger charge is -2.25. The standard InChI is InChI=1S/C23H15ClN2O5/c24-15-12-10-14(11-13-15)21(27)19-20(17-8-4-5-9-18(17)26(30)31)25(23(29)22(19)28)16-6-2-1-3-7-16/h1-13,20,27H/b21-19+/t20-/m0/s1. The van der Waals surface area contributed by atoms with E-state index in [1.165, 1.54) is 47.4 Å². The number of nitrogens with zero attached hydrogens (tertiary/aromatic N) is 2. The first-order valence-electron chi connectivity index (χ1n) is 9.25. The van der Waals surface area contributed by atoms with Gasteiger partial charge in [0.1, 0.15) is 11.8 Å². The smallest absolute Gasteiger partial charge is 0.300 e. The molecular weight excluding hydrogens is 420 g/mol. The van der Waals surface area contributed by atoms with Crippen molar-refractivity contribution in [3.8, 4) is 0 Å². The molecule has 0 spiro atoms. The SMILES string of the molecule is O=C1C(=O)N(c2ccccc2)[C@@H](c2ccccc2[N+](=O)[O-])/C1=C(\O)c1ccc(Cl)cc1. The van der Waals surface area contributed by atoms with Crippen LogP contribution in [0.1, 0.15) is 17.2 Å². The monoisotopic (exact) mass is 434 g/mol. The first-order chi connectivity index (χ1) is 14.9. The van der Waals surface area contributed by atoms with Crippen molar-refractivity contribution in [3.05, 3.63) is 111 Å². The van der Waals surface area contributed by atoms with Crippen LogP contribution < -0.4 is 4.90 Å². The number of nitro benzene ring substituents is 1. The van der Waals surface area contributed by atoms with Crippen LogP contribution in [0.2, 0.25) is 5.02 Å². The highest BCUT2D eigenvalue weighted by molar-refractivity contribution is 6.51. The normalized spacial score (nSPS) is 17.7. The molecule has 1 aliphatic rings. The first-order valence-corrected chi connectivity index (χ1v) is 9.63. The molecule has 1 amide bonds. The van der Waals surface area contributed by atoms with E-state index in [1.807, 2.05) is 0 Å². The summed E-state index contributed by atoms with van der Waals surface area (Å²) in [4.78, 5) is 38.3. The number of hydrogen-bond donors (Lipinski definition) is 1. The lowest BCUT2D eigenvalue weighted by Crippen LogP contribution is -2.29. The summed E-state index contributed by atoms with van der Waals surface area (Å²) in [6.45, 7) is 0. The van der Waals surface area contributed by atoms with Gasteiger partial charge < -0.3 is 5.11 Å². The number of halogens is 1. The van der Waals surface area contributed by atoms with Gasteiger partial charge in [-0.25, -0.2) is 0 Å². The van der Waals surface area contributed by atoms with E-state index in [-0.39, 0.29) is 22.4 Å². The first kappa shape index (κ1) is 20.3. The third-order valence-corrected chi connectivity index (χ3v) is 5.28. The van der Waals surface area contributed by atoms with Crippen molar-refractivity contribution in [1.82, 2.24) is 0 Å². The maximum atomic E-state index is 13.0. The Labute approximate surface area is 182 Å². The summed E-state index contributed by atoms with van der Waals surface area (Å²) >= 11 is 5.91. The van der Waals surface area contributed by atoms with Crippen molar-refractivity contribution in [2.24, 2.45) is 0 Å². The minimum absolute atomic E-state index is 0.117. The molecule has 1 heterocycles. The molecule has 0 unspecified atom stereocenters. The molecule has 0 radical (unpaired) electrons. The number of para-hydroxylation sites is 2. The predicted octanol–water partition coefficient (Wildman–Crippen LogP) is 4.87. The van der Waals surface area contributed by atoms with Gasteiger partial charge in [-0.2, -0.15) is 0 Å². The summed E-state index contributed by atoms with van der Waals surface area (Å²) in [5.74, 6) is -2.25. The predicted molar refractivity (Wildman–Crippen MR) is 116 cm³/mol. The fourth-order valence-electron chi connectivity index (χ4n) is 3.63. The average molecular weight is 435 g/mol. The number of anilines is 1. The van der Waals surface area contributed by atoms with Crippen LogP contribution in [-0.2, 0) is 9.59 Å². The van der Waals surface area contributed by atoms with Gasteiger partial charge in [0, 0.05) is 22.3 Å². The van der Waals surface area contributed by atoms with Gasteiger partial charge in [0.25, 0.3) is 17.4 Å². The fraction of sp³-hybridized carbons (Fsp3) is 0.0435. The number of hydrogen-bond acceptors (Lipinski definition) is 5. The van der Waals surface area contributed by atoms with Crippen LogP contribution in [0.3, 0.4) is 0 Å². The minimum atomic E-state index is -1.18. The molecular formula is C23H15ClN2O5. The molecule has 1 aliphatic heterocycles. The van der Waals surface area contributed by atoms with Crippen LogP contribution >= 0.6 is 11.6 Å². The second-order valence-electron chi connectivity index (χ2n) is 6.83. The molecule has 4 rings (SSSR count). The van der Waals surface area contributed by atoms with Gasteiger partial charge in [-0.3, -0.25) is 24.6 Å². The molecule has 1 atom stereocenters. The minimum Gasteiger partial charge on any atom is -0.507 e. The van der Waals surface area contributed by atoms with Crippen LogP contribution in [0.4, 0.5) is 11.4 Å². The molecule has 0 saturated carbocycles. The molecule has 31 heavy (non-hydrogen) atoms. The number of carbonyl (C=O) groups excluding carboxylic acids is 2. The second kappa shape index (κ2) is 8.04. The van der Waals surface area contributed by atoms with E-state index in [4.69, 9.17) is 11.6 Å². The van der Waals surface area contributed by atoms with E-state index in [0.29, 0.717) is 10.7 Å². The van der Waals surface area contributed by atoms with Crippen molar-refractivity contribution < 1.29 is 19.6 Å². The topological polar surface area (TPSA) is 101 Å². The highest BCUT2D eigenvalue weighted by Gasteiger charge is 2.48. The highest BCUT2D eigenvalue weighted by atomic mass is 35.5. The largest absolute Gasteiger partial charge is 0.507 e. The summed E-state index contributed by atoms with van der Waals surface area (Å²) < 4.78 is 0. The Morgan fingerprint density at radius 2 is 1.55 bits per heavy atom. The zero-order valence-electron chi connectivity index (χ0n) is 15.9. The molecule has 7 nitrogen and oxygen atoms in total. The number of carbonyl (C=O) groups is 2. The number of ketones is 1. The number of Topliss-reactive ketones (excluding diaryl/α,β-unsaturated/α-hetero) is 1. The summed E-state index contributed by atoms with van der Waals surface area (Å²) in [7, 11) is 0. The molecule has 3 aromatic carbocycles. The number of amides is 1. The van der Waals surface area contributed by atoms with E-state index < -0.39 is 28.4 Å². The Morgan fingerprint density at radius 3 is 2.19 bits per heavy atom. The molecule has 154 valence electrons. The van der Waals surface area contributed by atoms with Crippen molar-refractivity contribution in [1.29, 1.82) is 0 Å². The fourth-order valence-corrected chi connectivity index (χ4v) is 3.76. The van der Waals surface area contributed by atoms with Crippen molar-refractivity contribution >= 4 is 40.4 Å². The summed E-state index contributed by atoms with van der Waals surface area (Å²) in [6.07, 6.45) is 0. The van der Waals surface area contributed by atoms with Crippen LogP contribution in [0.5, 0.6) is 0 Å². The molecule has 8 heteroatoms. The average Bonchev–Trinajstić information content (AvgIpc) is 3.05. The van der Waals surface area contributed by atoms with Crippen LogP contribution in [0.25, 0.3) is 5.76 Å². The molecule has 0 bridgehead atoms. The maximum Gasteiger partial charge on any atom is 0.300 e. The molecule has 0 aromatic heterocycles. The molecule has 1 saturated heterocycles. The van der Waals surface area contributed by atoms with E-state index in [1.54, 1.807) is 36.4 Å². The van der Waals surface area contributed by atoms with E-state index in [2.05, 4.69) is 0 Å². The molecule has 0 aliphatic carbocycles. The van der Waals surface area contributed by atoms with Gasteiger partial charge in [-0.15, -0.1) is 0 Å². The third kappa shape index (κ3) is 3.55. The maximum absolute atomic E-state index is 13.0. The third-order valence-electron chi connectivity index (χ3n) is 5.02. The highest BCUT2D eigenvalue weighted by Crippen LogP contribution is 2.44. The number of nitro groups is 1. The summed E-state index contributed by atoms with van der Waals surface area (Å²) in [5.41, 5.74) is 0.260. The summed E-state index contributed by atoms with van der Waals surface area (Å²) in [5, 5.41) is 23.1. The summed E-state index contributed by atoms with van der Waals surface area (Å²) in [6, 6.07) is 19.1. The quantitative estimate of drug-likeness (QED) is 0.207. The zero-order valence-corrected chi connectivity index (χ0v) is 16.7. The van der Waals surface area contributed by atoms with Gasteiger partial charge in [-0.05, 0) is 42.5 Å². The number of rotatable bonds is 4. The van der Waals surface area contributed by atoms with E-state index >= 15 is 0 Å². The Bertz CT molecular complexity index is 1220. The van der Waals surface area contributed by atoms with E-state index in [0.717, 1.165) is 0 Å². The Balaban J connectivity index is 2.01. The van der Waals surface area contributed by atoms with Crippen molar-refractivity contribution in [2.75, 3.05) is 4.90 Å². The number of aliphatic hydroxyl groups excluding tert-OH is 1. The van der Waals surface area contributed by atoms with Crippen LogP contribution in [0, 0.1) is 10.1 Å². The molecule has 3 aromatic rings. The van der Waals surface area contributed by atoms with Gasteiger partial charge in [0.15, 0.2) is 0 Å². The zero-order chi connectivity index (χ0) is 22.1. The number of benzene rings is 3. The lowest BCUT2D eigenvalue weighted by atomic mass is 9.94. The van der Waals surface area contributed by atoms with Crippen molar-refractivity contribution in [2.45, 2.75) is 6.04 Å². The van der Waals surface area contributed by atoms with E-state index in [9.17, 15) is 24.8 Å². The second-order valence-corrected chi connectivity index (χ2v) is 7.26.